The number of hydrogen-bond acceptors (Lipinski definition) is 4. The maximum absolute atomic E-state index is 14.0. The highest BCUT2D eigenvalue weighted by molar-refractivity contribution is 6.08. The first-order chi connectivity index (χ1) is 15.6. The predicted molar refractivity (Wildman–Crippen MR) is 122 cm³/mol. The van der Waals surface area contributed by atoms with Crippen LogP contribution in [0.15, 0.2) is 78.9 Å². The van der Waals surface area contributed by atoms with Gasteiger partial charge in [-0.15, -0.1) is 0 Å². The van der Waals surface area contributed by atoms with Gasteiger partial charge in [0.2, 0.25) is 0 Å². The summed E-state index contributed by atoms with van der Waals surface area (Å²) in [5, 5.41) is 10.4. The third-order valence-electron chi connectivity index (χ3n) is 5.78. The smallest absolute Gasteiger partial charge is 0.193 e. The molecule has 166 valence electrons. The van der Waals surface area contributed by atoms with Crippen LogP contribution in [0.2, 0.25) is 0 Å². The summed E-state index contributed by atoms with van der Waals surface area (Å²) in [7, 11) is 0. The molecular weight excluding hydrogens is 407 g/mol. The van der Waals surface area contributed by atoms with Gasteiger partial charge in [-0.1, -0.05) is 42.5 Å². The topological polar surface area (TPSA) is 54.2 Å². The van der Waals surface area contributed by atoms with Crippen molar-refractivity contribution in [3.63, 3.8) is 0 Å². The molecule has 2 N–H and O–H groups in total. The van der Waals surface area contributed by atoms with Crippen LogP contribution in [0, 0.1) is 5.82 Å². The molecule has 0 unspecified atom stereocenters. The third kappa shape index (κ3) is 5.52. The molecule has 1 aliphatic rings. The number of ketones is 1. The molecule has 0 aliphatic carbocycles. The molecule has 0 spiro atoms. The Morgan fingerprint density at radius 1 is 0.938 bits per heavy atom. The number of rotatable bonds is 8. The molecule has 1 fully saturated rings. The van der Waals surface area contributed by atoms with Crippen LogP contribution in [0.4, 0.5) is 10.1 Å². The van der Waals surface area contributed by atoms with Crippen molar-refractivity contribution in [2.75, 3.05) is 44.2 Å². The first-order valence-electron chi connectivity index (χ1n) is 10.9. The second kappa shape index (κ2) is 10.4. The van der Waals surface area contributed by atoms with Gasteiger partial charge in [0.15, 0.2) is 5.78 Å². The monoisotopic (exact) mass is 435 g/mol. The minimum Gasteiger partial charge on any atom is -0.491 e. The Kier molecular flexibility index (Phi) is 7.14. The predicted octanol–water partition coefficient (Wildman–Crippen LogP) is 2.20. The molecular formula is C26H28FN2O3+. The van der Waals surface area contributed by atoms with Crippen molar-refractivity contribution in [3.05, 3.63) is 95.8 Å². The van der Waals surface area contributed by atoms with Crippen molar-refractivity contribution >= 4 is 11.5 Å². The van der Waals surface area contributed by atoms with Crippen LogP contribution in [0.3, 0.4) is 0 Å². The summed E-state index contributed by atoms with van der Waals surface area (Å²) in [4.78, 5) is 15.8. The first kappa shape index (κ1) is 22.0. The van der Waals surface area contributed by atoms with E-state index in [0.717, 1.165) is 26.2 Å². The Bertz CT molecular complexity index is 1020. The SMILES string of the molecule is O=C(c1ccccc1)c1ccc(OC[C@H](O)C[NH+]2CCN(c3ccccc3F)CC2)cc1. The zero-order valence-electron chi connectivity index (χ0n) is 17.9. The summed E-state index contributed by atoms with van der Waals surface area (Å²) in [5.74, 6) is 0.393. The van der Waals surface area contributed by atoms with E-state index >= 15 is 0 Å². The lowest BCUT2D eigenvalue weighted by molar-refractivity contribution is -0.903. The van der Waals surface area contributed by atoms with E-state index < -0.39 is 6.10 Å². The van der Waals surface area contributed by atoms with Gasteiger partial charge in [0.25, 0.3) is 0 Å². The Labute approximate surface area is 187 Å². The molecule has 0 aromatic heterocycles. The fraction of sp³-hybridized carbons (Fsp3) is 0.269. The molecule has 1 aliphatic heterocycles. The normalized spacial score (nSPS) is 15.4. The van der Waals surface area contributed by atoms with Gasteiger partial charge in [-0.2, -0.15) is 0 Å². The van der Waals surface area contributed by atoms with Crippen LogP contribution in [0.5, 0.6) is 5.75 Å². The lowest BCUT2D eigenvalue weighted by Crippen LogP contribution is -3.16. The second-order valence-electron chi connectivity index (χ2n) is 8.08. The van der Waals surface area contributed by atoms with Crippen molar-refractivity contribution in [1.82, 2.24) is 0 Å². The zero-order valence-corrected chi connectivity index (χ0v) is 17.9. The van der Waals surface area contributed by atoms with Gasteiger partial charge < -0.3 is 19.6 Å². The van der Waals surface area contributed by atoms with Crippen LogP contribution in [-0.4, -0.2) is 56.3 Å². The average Bonchev–Trinajstić information content (AvgIpc) is 2.84. The van der Waals surface area contributed by atoms with Gasteiger partial charge in [0.05, 0.1) is 31.9 Å². The first-order valence-corrected chi connectivity index (χ1v) is 10.9. The molecule has 1 saturated heterocycles. The van der Waals surface area contributed by atoms with Crippen LogP contribution >= 0.6 is 0 Å². The Morgan fingerprint density at radius 3 is 2.25 bits per heavy atom. The number of halogens is 1. The van der Waals surface area contributed by atoms with E-state index in [1.807, 2.05) is 30.3 Å². The molecule has 0 saturated carbocycles. The fourth-order valence-corrected chi connectivity index (χ4v) is 4.02. The van der Waals surface area contributed by atoms with Gasteiger partial charge in [-0.3, -0.25) is 4.79 Å². The van der Waals surface area contributed by atoms with Crippen molar-refractivity contribution < 1.29 is 23.9 Å². The number of carbonyl (C=O) groups is 1. The van der Waals surface area contributed by atoms with Crippen molar-refractivity contribution in [3.8, 4) is 5.75 Å². The highest BCUT2D eigenvalue weighted by atomic mass is 19.1. The molecule has 5 nitrogen and oxygen atoms in total. The lowest BCUT2D eigenvalue weighted by Gasteiger charge is -2.34. The van der Waals surface area contributed by atoms with Crippen molar-refractivity contribution in [2.45, 2.75) is 6.10 Å². The van der Waals surface area contributed by atoms with Crippen molar-refractivity contribution in [1.29, 1.82) is 0 Å². The number of hydrogen-bond donors (Lipinski definition) is 2. The van der Waals surface area contributed by atoms with E-state index in [1.54, 1.807) is 42.5 Å². The Hall–Kier alpha value is -3.22. The van der Waals surface area contributed by atoms with E-state index in [1.165, 1.54) is 11.0 Å². The number of anilines is 1. The van der Waals surface area contributed by atoms with Gasteiger partial charge in [0.1, 0.15) is 30.8 Å². The molecule has 0 bridgehead atoms. The van der Waals surface area contributed by atoms with E-state index in [9.17, 15) is 14.3 Å². The number of ether oxygens (including phenoxy) is 1. The largest absolute Gasteiger partial charge is 0.491 e. The van der Waals surface area contributed by atoms with E-state index in [-0.39, 0.29) is 18.2 Å². The van der Waals surface area contributed by atoms with Gasteiger partial charge in [-0.25, -0.2) is 4.39 Å². The molecule has 3 aromatic carbocycles. The minimum atomic E-state index is -0.601. The number of piperazine rings is 1. The van der Waals surface area contributed by atoms with Crippen molar-refractivity contribution in [2.24, 2.45) is 0 Å². The highest BCUT2D eigenvalue weighted by Gasteiger charge is 2.24. The Morgan fingerprint density at radius 2 is 1.56 bits per heavy atom. The van der Waals surface area contributed by atoms with E-state index in [2.05, 4.69) is 4.90 Å². The van der Waals surface area contributed by atoms with E-state index in [4.69, 9.17) is 4.74 Å². The molecule has 1 heterocycles. The summed E-state index contributed by atoms with van der Waals surface area (Å²) in [6, 6.07) is 23.0. The number of nitrogens with zero attached hydrogens (tertiary/aromatic N) is 1. The molecule has 4 rings (SSSR count). The summed E-state index contributed by atoms with van der Waals surface area (Å²) in [6.45, 7) is 3.94. The summed E-state index contributed by atoms with van der Waals surface area (Å²) < 4.78 is 19.7. The second-order valence-corrected chi connectivity index (χ2v) is 8.08. The average molecular weight is 436 g/mol. The lowest BCUT2D eigenvalue weighted by atomic mass is 10.0. The maximum Gasteiger partial charge on any atom is 0.193 e. The number of nitrogens with one attached hydrogen (secondary N) is 1. The third-order valence-corrected chi connectivity index (χ3v) is 5.78. The number of para-hydroxylation sites is 1. The quantitative estimate of drug-likeness (QED) is 0.533. The van der Waals surface area contributed by atoms with Crippen LogP contribution in [0.25, 0.3) is 0 Å². The van der Waals surface area contributed by atoms with Crippen LogP contribution in [-0.2, 0) is 0 Å². The number of aliphatic hydroxyl groups is 1. The van der Waals surface area contributed by atoms with Gasteiger partial charge in [0, 0.05) is 11.1 Å². The van der Waals surface area contributed by atoms with E-state index in [0.29, 0.717) is 29.1 Å². The zero-order chi connectivity index (χ0) is 22.3. The fourth-order valence-electron chi connectivity index (χ4n) is 4.02. The standard InChI is InChI=1S/C26H27FN2O3/c27-24-8-4-5-9-25(24)29-16-14-28(15-17-29)18-22(30)19-32-23-12-10-21(11-13-23)26(31)20-6-2-1-3-7-20/h1-13,22,30H,14-19H2/p+1/t22-/m1/s1. The summed E-state index contributed by atoms with van der Waals surface area (Å²) in [6.07, 6.45) is -0.601. The maximum atomic E-state index is 14.0. The number of quaternary nitrogens is 1. The summed E-state index contributed by atoms with van der Waals surface area (Å²) in [5.41, 5.74) is 1.89. The highest BCUT2D eigenvalue weighted by Crippen LogP contribution is 2.18. The van der Waals surface area contributed by atoms with Gasteiger partial charge in [-0.05, 0) is 36.4 Å². The number of aliphatic hydroxyl groups excluding tert-OH is 1. The van der Waals surface area contributed by atoms with Gasteiger partial charge >= 0.3 is 0 Å². The Balaban J connectivity index is 1.22. The molecule has 1 atom stereocenters. The van der Waals surface area contributed by atoms with Crippen LogP contribution < -0.4 is 14.5 Å². The molecule has 3 aromatic rings. The van der Waals surface area contributed by atoms with Crippen LogP contribution in [0.1, 0.15) is 15.9 Å². The summed E-state index contributed by atoms with van der Waals surface area (Å²) >= 11 is 0. The number of benzene rings is 3. The molecule has 32 heavy (non-hydrogen) atoms. The molecule has 6 heteroatoms. The number of carbonyl (C=O) groups excluding carboxylic acids is 1. The molecule has 0 radical (unpaired) electrons. The minimum absolute atomic E-state index is 0.0321. The molecule has 0 amide bonds.